The summed E-state index contributed by atoms with van der Waals surface area (Å²) in [7, 11) is 0. The topological polar surface area (TPSA) is 9.23 Å². The zero-order valence-electron chi connectivity index (χ0n) is 15.6. The average Bonchev–Trinajstić information content (AvgIpc) is 2.54. The molecular weight excluding hydrogens is 268 g/mol. The van der Waals surface area contributed by atoms with E-state index < -0.39 is 0 Å². The molecule has 0 spiro atoms. The summed E-state index contributed by atoms with van der Waals surface area (Å²) in [6.45, 7) is 7.84. The summed E-state index contributed by atoms with van der Waals surface area (Å²) in [6, 6.07) is 0. The number of unbranched alkanes of at least 4 members (excludes halogenated alkanes) is 15. The standard InChI is InChI=1S/C21H43O/c1-3-5-6-7-8-9-10-11-12-13-14-15-16-17-18-19-21-22-20-4-2/h2-21H2,1H3. The maximum atomic E-state index is 5.44. The molecule has 0 N–H and O–H groups in total. The van der Waals surface area contributed by atoms with Gasteiger partial charge >= 0.3 is 0 Å². The maximum absolute atomic E-state index is 5.44. The lowest BCUT2D eigenvalue weighted by molar-refractivity contribution is 0.134. The van der Waals surface area contributed by atoms with E-state index in [1.54, 1.807) is 0 Å². The van der Waals surface area contributed by atoms with Crippen LogP contribution >= 0.6 is 0 Å². The summed E-state index contributed by atoms with van der Waals surface area (Å²) in [5, 5.41) is 0. The van der Waals surface area contributed by atoms with Crippen molar-refractivity contribution in [3.8, 4) is 0 Å². The first-order valence-electron chi connectivity index (χ1n) is 10.3. The number of ether oxygens (including phenoxy) is 1. The second kappa shape index (κ2) is 21.0. The first-order valence-corrected chi connectivity index (χ1v) is 10.3. The van der Waals surface area contributed by atoms with E-state index in [2.05, 4.69) is 13.8 Å². The van der Waals surface area contributed by atoms with Crippen molar-refractivity contribution in [1.29, 1.82) is 0 Å². The molecule has 0 saturated carbocycles. The molecule has 1 heteroatoms. The van der Waals surface area contributed by atoms with Crippen LogP contribution in [0.2, 0.25) is 0 Å². The Morgan fingerprint density at radius 1 is 0.500 bits per heavy atom. The Balaban J connectivity index is 2.91. The Kier molecular flexibility index (Phi) is 20.9. The molecule has 0 fully saturated rings. The highest BCUT2D eigenvalue weighted by molar-refractivity contribution is 4.50. The van der Waals surface area contributed by atoms with Crippen LogP contribution in [0.1, 0.15) is 116 Å². The molecule has 1 nitrogen and oxygen atoms in total. The highest BCUT2D eigenvalue weighted by Crippen LogP contribution is 2.13. The lowest BCUT2D eigenvalue weighted by Gasteiger charge is -2.04. The third-order valence-electron chi connectivity index (χ3n) is 4.43. The van der Waals surface area contributed by atoms with E-state index in [0.29, 0.717) is 0 Å². The molecule has 22 heavy (non-hydrogen) atoms. The van der Waals surface area contributed by atoms with Gasteiger partial charge in [0.05, 0.1) is 0 Å². The largest absolute Gasteiger partial charge is 0.381 e. The van der Waals surface area contributed by atoms with E-state index >= 15 is 0 Å². The van der Waals surface area contributed by atoms with Gasteiger partial charge in [-0.1, -0.05) is 110 Å². The van der Waals surface area contributed by atoms with Crippen LogP contribution in [0.3, 0.4) is 0 Å². The Morgan fingerprint density at radius 3 is 1.23 bits per heavy atom. The van der Waals surface area contributed by atoms with Crippen molar-refractivity contribution in [3.05, 3.63) is 6.92 Å². The number of rotatable bonds is 19. The highest BCUT2D eigenvalue weighted by Gasteiger charge is 1.94. The Morgan fingerprint density at radius 2 is 0.864 bits per heavy atom. The molecule has 0 aliphatic heterocycles. The van der Waals surface area contributed by atoms with Gasteiger partial charge in [-0.25, -0.2) is 0 Å². The van der Waals surface area contributed by atoms with Crippen LogP contribution in [0.5, 0.6) is 0 Å². The number of hydrogen-bond donors (Lipinski definition) is 0. The molecule has 0 heterocycles. The predicted molar refractivity (Wildman–Crippen MR) is 100 cm³/mol. The van der Waals surface area contributed by atoms with Gasteiger partial charge in [0, 0.05) is 13.2 Å². The van der Waals surface area contributed by atoms with Crippen molar-refractivity contribution in [2.45, 2.75) is 116 Å². The van der Waals surface area contributed by atoms with Crippen LogP contribution in [-0.4, -0.2) is 13.2 Å². The summed E-state index contributed by atoms with van der Waals surface area (Å²) >= 11 is 0. The van der Waals surface area contributed by atoms with E-state index in [-0.39, 0.29) is 0 Å². The van der Waals surface area contributed by atoms with Gasteiger partial charge in [-0.2, -0.15) is 0 Å². The van der Waals surface area contributed by atoms with E-state index in [1.165, 1.54) is 103 Å². The molecule has 0 aliphatic carbocycles. The predicted octanol–water partition coefficient (Wildman–Crippen LogP) is 7.49. The van der Waals surface area contributed by atoms with Crippen molar-refractivity contribution >= 4 is 0 Å². The van der Waals surface area contributed by atoms with Gasteiger partial charge in [0.2, 0.25) is 0 Å². The van der Waals surface area contributed by atoms with Gasteiger partial charge in [0.1, 0.15) is 0 Å². The third-order valence-corrected chi connectivity index (χ3v) is 4.43. The molecule has 0 rings (SSSR count). The number of hydrogen-bond acceptors (Lipinski definition) is 1. The van der Waals surface area contributed by atoms with E-state index in [0.717, 1.165) is 19.6 Å². The van der Waals surface area contributed by atoms with Crippen LogP contribution < -0.4 is 0 Å². The summed E-state index contributed by atoms with van der Waals surface area (Å²) in [5.41, 5.74) is 0. The molecule has 0 aromatic carbocycles. The first kappa shape index (κ1) is 22.0. The Bertz CT molecular complexity index is 159. The van der Waals surface area contributed by atoms with E-state index in [9.17, 15) is 0 Å². The van der Waals surface area contributed by atoms with Crippen molar-refractivity contribution in [2.24, 2.45) is 0 Å². The van der Waals surface area contributed by atoms with Crippen LogP contribution in [0.25, 0.3) is 0 Å². The molecule has 0 unspecified atom stereocenters. The maximum Gasteiger partial charge on any atom is 0.0466 e. The molecule has 0 amide bonds. The fraction of sp³-hybridized carbons (Fsp3) is 0.952. The van der Waals surface area contributed by atoms with Crippen molar-refractivity contribution in [1.82, 2.24) is 0 Å². The second-order valence-corrected chi connectivity index (χ2v) is 6.77. The Labute approximate surface area is 141 Å². The zero-order chi connectivity index (χ0) is 16.1. The highest BCUT2D eigenvalue weighted by atomic mass is 16.5. The lowest BCUT2D eigenvalue weighted by Crippen LogP contribution is -1.95. The molecule has 133 valence electrons. The van der Waals surface area contributed by atoms with Crippen LogP contribution in [0, 0.1) is 6.92 Å². The normalized spacial score (nSPS) is 11.2. The van der Waals surface area contributed by atoms with Crippen molar-refractivity contribution in [3.63, 3.8) is 0 Å². The van der Waals surface area contributed by atoms with Gasteiger partial charge < -0.3 is 4.74 Å². The van der Waals surface area contributed by atoms with Gasteiger partial charge in [0.15, 0.2) is 0 Å². The minimum absolute atomic E-state index is 0.832. The van der Waals surface area contributed by atoms with Crippen LogP contribution in [-0.2, 0) is 4.74 Å². The van der Waals surface area contributed by atoms with E-state index in [4.69, 9.17) is 4.74 Å². The van der Waals surface area contributed by atoms with Gasteiger partial charge in [-0.15, -0.1) is 0 Å². The monoisotopic (exact) mass is 311 g/mol. The minimum atomic E-state index is 0.832. The van der Waals surface area contributed by atoms with Crippen LogP contribution in [0.4, 0.5) is 0 Å². The first-order chi connectivity index (χ1) is 10.9. The summed E-state index contributed by atoms with van der Waals surface area (Å²) in [4.78, 5) is 0. The van der Waals surface area contributed by atoms with Gasteiger partial charge in [-0.3, -0.25) is 0 Å². The van der Waals surface area contributed by atoms with Gasteiger partial charge in [0.25, 0.3) is 0 Å². The molecule has 0 atom stereocenters. The smallest absolute Gasteiger partial charge is 0.0466 e. The molecule has 0 aromatic heterocycles. The lowest BCUT2D eigenvalue weighted by atomic mass is 10.0. The SMILES string of the molecule is [CH2]CCOCCCCCCCCCCCCCCCCCC. The molecule has 0 saturated heterocycles. The molecule has 0 bridgehead atoms. The molecule has 1 radical (unpaired) electrons. The fourth-order valence-corrected chi connectivity index (χ4v) is 2.96. The van der Waals surface area contributed by atoms with Crippen LogP contribution in [0.15, 0.2) is 0 Å². The Hall–Kier alpha value is -0.0400. The second-order valence-electron chi connectivity index (χ2n) is 6.77. The zero-order valence-corrected chi connectivity index (χ0v) is 15.6. The summed E-state index contributed by atoms with van der Waals surface area (Å²) in [5.74, 6) is 0. The molecule has 0 aliphatic rings. The third kappa shape index (κ3) is 20.0. The molecular formula is C21H43O. The minimum Gasteiger partial charge on any atom is -0.381 e. The van der Waals surface area contributed by atoms with E-state index in [1.807, 2.05) is 0 Å². The quantitative estimate of drug-likeness (QED) is 0.224. The summed E-state index contributed by atoms with van der Waals surface area (Å²) < 4.78 is 5.44. The fourth-order valence-electron chi connectivity index (χ4n) is 2.96. The van der Waals surface area contributed by atoms with Gasteiger partial charge in [-0.05, 0) is 12.8 Å². The molecule has 0 aromatic rings. The average molecular weight is 312 g/mol. The van der Waals surface area contributed by atoms with Crippen molar-refractivity contribution < 1.29 is 4.74 Å². The van der Waals surface area contributed by atoms with Crippen molar-refractivity contribution in [2.75, 3.05) is 13.2 Å². The summed E-state index contributed by atoms with van der Waals surface area (Å²) in [6.07, 6.45) is 23.7.